The summed E-state index contributed by atoms with van der Waals surface area (Å²) >= 11 is 0. The number of allylic oxidation sites excluding steroid dienone is 5. The molecule has 1 rings (SSSR count). The predicted octanol–water partition coefficient (Wildman–Crippen LogP) is 0.343. The zero-order valence-corrected chi connectivity index (χ0v) is 4.74. The molecule has 0 unspecified atom stereocenters. The predicted molar refractivity (Wildman–Crippen MR) is 34.1 cm³/mol. The maximum Gasteiger partial charge on any atom is 0.571 e. The molecule has 0 bridgehead atoms. The van der Waals surface area contributed by atoms with E-state index in [1.165, 1.54) is 0 Å². The van der Waals surface area contributed by atoms with Crippen LogP contribution in [0.2, 0.25) is 0 Å². The molecule has 0 aromatic carbocycles. The van der Waals surface area contributed by atoms with Gasteiger partial charge in [0, 0.05) is 6.08 Å². The molecule has 0 aromatic heterocycles. The summed E-state index contributed by atoms with van der Waals surface area (Å²) in [5.74, 6) is 0.608. The minimum absolute atomic E-state index is 0.608. The lowest BCUT2D eigenvalue weighted by molar-refractivity contribution is 0.382. The van der Waals surface area contributed by atoms with Gasteiger partial charge in [0.1, 0.15) is 12.2 Å². The van der Waals surface area contributed by atoms with Crippen LogP contribution in [0.25, 0.3) is 0 Å². The largest absolute Gasteiger partial charge is 0.571 e. The Labute approximate surface area is 54.5 Å². The molecule has 0 atom stereocenters. The fourth-order valence-corrected chi connectivity index (χ4v) is 0.511. The van der Waals surface area contributed by atoms with E-state index in [4.69, 9.17) is 5.02 Å². The second-order valence-corrected chi connectivity index (χ2v) is 1.46. The van der Waals surface area contributed by atoms with Crippen molar-refractivity contribution >= 4 is 7.69 Å². The zero-order valence-electron chi connectivity index (χ0n) is 4.74. The molecule has 2 nitrogen and oxygen atoms in total. The quantitative estimate of drug-likeness (QED) is 0.420. The monoisotopic (exact) mass is 120 g/mol. The van der Waals surface area contributed by atoms with Gasteiger partial charge < -0.3 is 9.68 Å². The Morgan fingerprint density at radius 1 is 1.67 bits per heavy atom. The summed E-state index contributed by atoms with van der Waals surface area (Å²) in [4.78, 5) is 0. The van der Waals surface area contributed by atoms with Crippen molar-refractivity contribution in [3.8, 4) is 0 Å². The third kappa shape index (κ3) is 1.72. The van der Waals surface area contributed by atoms with Crippen molar-refractivity contribution in [2.45, 2.75) is 0 Å². The minimum atomic E-state index is 0.608. The van der Waals surface area contributed by atoms with E-state index < -0.39 is 0 Å². The smallest absolute Gasteiger partial charge is 0.517 e. The number of hydrogen-bond donors (Lipinski definition) is 1. The summed E-state index contributed by atoms with van der Waals surface area (Å²) in [5.41, 5.74) is 0. The Morgan fingerprint density at radius 2 is 2.56 bits per heavy atom. The SMILES string of the molecule is O[B]OC1=CC=[C+]C=C1. The second kappa shape index (κ2) is 3.08. The number of rotatable bonds is 2. The van der Waals surface area contributed by atoms with Crippen molar-refractivity contribution < 1.29 is 9.68 Å². The molecule has 3 heteroatoms. The second-order valence-electron chi connectivity index (χ2n) is 1.46. The van der Waals surface area contributed by atoms with E-state index in [0.717, 1.165) is 0 Å². The van der Waals surface area contributed by atoms with Gasteiger partial charge in [0.15, 0.2) is 0 Å². The van der Waals surface area contributed by atoms with Crippen molar-refractivity contribution in [2.75, 3.05) is 0 Å². The van der Waals surface area contributed by atoms with Crippen LogP contribution in [0.15, 0.2) is 30.1 Å². The molecular weight excluding hydrogens is 115 g/mol. The molecule has 0 heterocycles. The van der Waals surface area contributed by atoms with E-state index >= 15 is 0 Å². The lowest BCUT2D eigenvalue weighted by atomic mass is 10.2. The van der Waals surface area contributed by atoms with Crippen molar-refractivity contribution in [1.29, 1.82) is 0 Å². The van der Waals surface area contributed by atoms with E-state index in [9.17, 15) is 0 Å². The van der Waals surface area contributed by atoms with Gasteiger partial charge >= 0.3 is 7.69 Å². The Hall–Kier alpha value is -1.05. The highest BCUT2D eigenvalue weighted by Gasteiger charge is 2.01. The van der Waals surface area contributed by atoms with Crippen molar-refractivity contribution in [2.24, 2.45) is 0 Å². The highest BCUT2D eigenvalue weighted by molar-refractivity contribution is 6.16. The molecule has 0 saturated carbocycles. The average Bonchev–Trinajstić information content (AvgIpc) is 1.91. The molecule has 0 amide bonds. The summed E-state index contributed by atoms with van der Waals surface area (Å²) in [7, 11) is 0.648. The molecular formula is C6H5BO2+. The van der Waals surface area contributed by atoms with Gasteiger partial charge in [-0.1, -0.05) is 0 Å². The lowest BCUT2D eigenvalue weighted by Gasteiger charge is -1.93. The van der Waals surface area contributed by atoms with Crippen molar-refractivity contribution in [3.05, 3.63) is 36.1 Å². The third-order valence-corrected chi connectivity index (χ3v) is 0.876. The van der Waals surface area contributed by atoms with E-state index in [1.54, 1.807) is 24.3 Å². The van der Waals surface area contributed by atoms with Crippen LogP contribution in [-0.2, 0) is 4.65 Å². The van der Waals surface area contributed by atoms with Crippen LogP contribution in [-0.4, -0.2) is 12.7 Å². The van der Waals surface area contributed by atoms with E-state index in [2.05, 4.69) is 10.7 Å². The van der Waals surface area contributed by atoms with Crippen LogP contribution in [0.1, 0.15) is 0 Å². The van der Waals surface area contributed by atoms with E-state index in [1.807, 2.05) is 0 Å². The normalized spacial score (nSPS) is 14.1. The van der Waals surface area contributed by atoms with Gasteiger partial charge in [-0.15, -0.1) is 0 Å². The molecule has 1 aliphatic rings. The van der Waals surface area contributed by atoms with Crippen molar-refractivity contribution in [1.82, 2.24) is 0 Å². The Morgan fingerprint density at radius 3 is 3.11 bits per heavy atom. The third-order valence-electron chi connectivity index (χ3n) is 0.876. The molecule has 0 aliphatic heterocycles. The molecule has 1 radical (unpaired) electrons. The van der Waals surface area contributed by atoms with Gasteiger partial charge in [-0.3, -0.25) is 0 Å². The zero-order chi connectivity index (χ0) is 6.53. The van der Waals surface area contributed by atoms with E-state index in [-0.39, 0.29) is 0 Å². The van der Waals surface area contributed by atoms with Gasteiger partial charge in [0.25, 0.3) is 0 Å². The fraction of sp³-hybridized carbons (Fsp3) is 0. The Bertz CT molecular complexity index is 170. The van der Waals surface area contributed by atoms with Gasteiger partial charge in [-0.05, 0) is 0 Å². The standard InChI is InChI=1S/C6H5BO2/c8-7-9-6-4-2-1-3-5-6/h2-5,8H/q+1. The molecule has 0 fully saturated rings. The summed E-state index contributed by atoms with van der Waals surface area (Å²) in [6, 6.07) is 0. The first-order valence-corrected chi connectivity index (χ1v) is 2.52. The van der Waals surface area contributed by atoms with Crippen LogP contribution < -0.4 is 0 Å². The summed E-state index contributed by atoms with van der Waals surface area (Å²) in [6.45, 7) is 0. The topological polar surface area (TPSA) is 29.5 Å². The molecule has 1 aliphatic carbocycles. The van der Waals surface area contributed by atoms with Gasteiger partial charge in [-0.2, -0.15) is 0 Å². The first kappa shape index (κ1) is 6.08. The lowest BCUT2D eigenvalue weighted by Crippen LogP contribution is -1.95. The van der Waals surface area contributed by atoms with Crippen LogP contribution >= 0.6 is 0 Å². The van der Waals surface area contributed by atoms with E-state index in [0.29, 0.717) is 13.4 Å². The van der Waals surface area contributed by atoms with Crippen LogP contribution in [0.3, 0.4) is 0 Å². The summed E-state index contributed by atoms with van der Waals surface area (Å²) in [6.07, 6.45) is 9.63. The highest BCUT2D eigenvalue weighted by Crippen LogP contribution is 2.02. The molecule has 1 N–H and O–H groups in total. The Balaban J connectivity index is 2.51. The first-order chi connectivity index (χ1) is 4.43. The first-order valence-electron chi connectivity index (χ1n) is 2.52. The van der Waals surface area contributed by atoms with Crippen molar-refractivity contribution in [3.63, 3.8) is 0 Å². The maximum absolute atomic E-state index is 8.16. The molecule has 0 aromatic rings. The summed E-state index contributed by atoms with van der Waals surface area (Å²) in [5, 5.41) is 8.16. The summed E-state index contributed by atoms with van der Waals surface area (Å²) < 4.78 is 4.62. The van der Waals surface area contributed by atoms with Gasteiger partial charge in [0.05, 0.1) is 12.2 Å². The Kier molecular flexibility index (Phi) is 2.08. The van der Waals surface area contributed by atoms with Crippen LogP contribution in [0.4, 0.5) is 0 Å². The fourth-order valence-electron chi connectivity index (χ4n) is 0.511. The molecule has 9 heavy (non-hydrogen) atoms. The van der Waals surface area contributed by atoms with Gasteiger partial charge in [0.2, 0.25) is 5.76 Å². The average molecular weight is 120 g/mol. The van der Waals surface area contributed by atoms with Gasteiger partial charge in [-0.25, -0.2) is 0 Å². The minimum Gasteiger partial charge on any atom is -0.517 e. The maximum atomic E-state index is 8.16. The molecule has 43 valence electrons. The number of hydrogen-bond acceptors (Lipinski definition) is 2. The van der Waals surface area contributed by atoms with Crippen LogP contribution in [0.5, 0.6) is 0 Å². The highest BCUT2D eigenvalue weighted by atomic mass is 16.5. The molecule has 0 spiro atoms. The molecule has 0 saturated heterocycles. The van der Waals surface area contributed by atoms with Crippen LogP contribution in [0, 0.1) is 6.08 Å².